The van der Waals surface area contributed by atoms with Crippen LogP contribution in [-0.2, 0) is 11.8 Å². The second-order valence-electron chi connectivity index (χ2n) is 6.35. The molecule has 0 saturated carbocycles. The first-order chi connectivity index (χ1) is 7.64. The maximum Gasteiger partial charge on any atom is -0.00672 e. The second kappa shape index (κ2) is 4.68. The Morgan fingerprint density at radius 1 is 1.12 bits per heavy atom. The molecule has 0 heterocycles. The zero-order chi connectivity index (χ0) is 13.4. The fourth-order valence-electron chi connectivity index (χ4n) is 2.49. The van der Waals surface area contributed by atoms with Gasteiger partial charge in [0.25, 0.3) is 0 Å². The summed E-state index contributed by atoms with van der Waals surface area (Å²) in [6, 6.07) is 2.36. The molecule has 0 aliphatic heterocycles. The summed E-state index contributed by atoms with van der Waals surface area (Å²) >= 11 is 0. The fourth-order valence-corrected chi connectivity index (χ4v) is 2.49. The zero-order valence-corrected chi connectivity index (χ0v) is 12.5. The normalized spacial score (nSPS) is 11.7. The Bertz CT molecular complexity index is 442. The molecule has 17 heavy (non-hydrogen) atoms. The molecule has 0 heteroatoms. The van der Waals surface area contributed by atoms with E-state index < -0.39 is 0 Å². The average molecular weight is 230 g/mol. The molecule has 0 N–H and O–H groups in total. The van der Waals surface area contributed by atoms with Crippen molar-refractivity contribution >= 4 is 0 Å². The number of allylic oxidation sites excluding steroid dienone is 1. The van der Waals surface area contributed by atoms with E-state index in [1.165, 1.54) is 33.4 Å². The van der Waals surface area contributed by atoms with Crippen LogP contribution in [0.3, 0.4) is 0 Å². The fraction of sp³-hybridized carbons (Fsp3) is 0.529. The van der Waals surface area contributed by atoms with Gasteiger partial charge in [0.05, 0.1) is 0 Å². The highest BCUT2D eigenvalue weighted by atomic mass is 14.2. The van der Waals surface area contributed by atoms with Gasteiger partial charge in [-0.05, 0) is 67.3 Å². The van der Waals surface area contributed by atoms with Crippen LogP contribution in [0, 0.1) is 20.8 Å². The lowest BCUT2D eigenvalue weighted by Crippen LogP contribution is -2.15. The van der Waals surface area contributed by atoms with E-state index in [0.29, 0.717) is 0 Å². The second-order valence-corrected chi connectivity index (χ2v) is 6.35. The molecule has 0 fully saturated rings. The van der Waals surface area contributed by atoms with Crippen molar-refractivity contribution in [1.82, 2.24) is 0 Å². The minimum Gasteiger partial charge on any atom is -0.0998 e. The van der Waals surface area contributed by atoms with E-state index in [9.17, 15) is 0 Å². The van der Waals surface area contributed by atoms with Gasteiger partial charge in [-0.1, -0.05) is 39.0 Å². The van der Waals surface area contributed by atoms with Crippen LogP contribution in [0.4, 0.5) is 0 Å². The highest BCUT2D eigenvalue weighted by Gasteiger charge is 2.19. The van der Waals surface area contributed by atoms with Crippen LogP contribution in [0.5, 0.6) is 0 Å². The van der Waals surface area contributed by atoms with Crippen molar-refractivity contribution in [3.05, 3.63) is 46.0 Å². The van der Waals surface area contributed by atoms with Crippen LogP contribution in [0.25, 0.3) is 0 Å². The number of hydrogen-bond donors (Lipinski definition) is 0. The molecule has 1 aromatic carbocycles. The first-order valence-corrected chi connectivity index (χ1v) is 6.39. The highest BCUT2D eigenvalue weighted by molar-refractivity contribution is 5.48. The average Bonchev–Trinajstić information content (AvgIpc) is 2.16. The van der Waals surface area contributed by atoms with E-state index in [1.54, 1.807) is 0 Å². The van der Waals surface area contributed by atoms with Crippen molar-refractivity contribution in [2.75, 3.05) is 0 Å². The number of benzene rings is 1. The molecule has 0 radical (unpaired) electrons. The third-order valence-electron chi connectivity index (χ3n) is 3.54. The summed E-state index contributed by atoms with van der Waals surface area (Å²) in [5.74, 6) is 0. The van der Waals surface area contributed by atoms with E-state index >= 15 is 0 Å². The van der Waals surface area contributed by atoms with Gasteiger partial charge in [-0.25, -0.2) is 0 Å². The van der Waals surface area contributed by atoms with Crippen LogP contribution >= 0.6 is 0 Å². The summed E-state index contributed by atoms with van der Waals surface area (Å²) in [7, 11) is 0. The van der Waals surface area contributed by atoms with Crippen LogP contribution in [-0.4, -0.2) is 0 Å². The molecule has 1 rings (SSSR count). The molecule has 0 atom stereocenters. The van der Waals surface area contributed by atoms with E-state index in [0.717, 1.165) is 6.42 Å². The standard InChI is InChI=1S/C17H26/c1-11(2)9-15-12(3)10-16(17(6,7)8)14(5)13(15)4/h10H,1,9H2,2-8H3. The van der Waals surface area contributed by atoms with Gasteiger partial charge in [0.1, 0.15) is 0 Å². The quantitative estimate of drug-likeness (QED) is 0.625. The molecule has 94 valence electrons. The summed E-state index contributed by atoms with van der Waals surface area (Å²) in [5, 5.41) is 0. The zero-order valence-electron chi connectivity index (χ0n) is 12.5. The first-order valence-electron chi connectivity index (χ1n) is 6.39. The third-order valence-corrected chi connectivity index (χ3v) is 3.54. The van der Waals surface area contributed by atoms with Crippen LogP contribution in [0.15, 0.2) is 18.2 Å². The lowest BCUT2D eigenvalue weighted by atomic mass is 9.79. The van der Waals surface area contributed by atoms with Gasteiger partial charge in [-0.2, -0.15) is 0 Å². The van der Waals surface area contributed by atoms with Gasteiger partial charge in [-0.3, -0.25) is 0 Å². The molecular weight excluding hydrogens is 204 g/mol. The molecule has 0 nitrogen and oxygen atoms in total. The minimum atomic E-state index is 0.224. The van der Waals surface area contributed by atoms with E-state index in [4.69, 9.17) is 0 Å². The van der Waals surface area contributed by atoms with Gasteiger partial charge in [-0.15, -0.1) is 0 Å². The van der Waals surface area contributed by atoms with E-state index in [2.05, 4.69) is 61.1 Å². The van der Waals surface area contributed by atoms with Crippen LogP contribution in [0.1, 0.15) is 55.5 Å². The van der Waals surface area contributed by atoms with Gasteiger partial charge < -0.3 is 0 Å². The third kappa shape index (κ3) is 3.00. The van der Waals surface area contributed by atoms with E-state index in [-0.39, 0.29) is 5.41 Å². The smallest absolute Gasteiger partial charge is 0.00672 e. The largest absolute Gasteiger partial charge is 0.0998 e. The van der Waals surface area contributed by atoms with Gasteiger partial charge in [0.15, 0.2) is 0 Å². The van der Waals surface area contributed by atoms with Gasteiger partial charge >= 0.3 is 0 Å². The number of hydrogen-bond acceptors (Lipinski definition) is 0. The van der Waals surface area contributed by atoms with Crippen LogP contribution < -0.4 is 0 Å². The Morgan fingerprint density at radius 3 is 2.06 bits per heavy atom. The molecule has 0 saturated heterocycles. The maximum absolute atomic E-state index is 4.03. The van der Waals surface area contributed by atoms with Crippen molar-refractivity contribution in [1.29, 1.82) is 0 Å². The first kappa shape index (κ1) is 14.0. The van der Waals surface area contributed by atoms with Gasteiger partial charge in [0, 0.05) is 0 Å². The SMILES string of the molecule is C=C(C)Cc1c(C)cc(C(C)(C)C)c(C)c1C. The Kier molecular flexibility index (Phi) is 3.86. The van der Waals surface area contributed by atoms with Crippen molar-refractivity contribution in [3.63, 3.8) is 0 Å². The molecule has 0 aliphatic rings. The Hall–Kier alpha value is -1.04. The van der Waals surface area contributed by atoms with Crippen molar-refractivity contribution < 1.29 is 0 Å². The Balaban J connectivity index is 3.42. The predicted octanol–water partition coefficient (Wildman–Crippen LogP) is 5.03. The molecule has 0 amide bonds. The van der Waals surface area contributed by atoms with Crippen LogP contribution in [0.2, 0.25) is 0 Å². The molecule has 0 aromatic heterocycles. The van der Waals surface area contributed by atoms with E-state index in [1.807, 2.05) is 0 Å². The molecule has 0 spiro atoms. The molecular formula is C17H26. The lowest BCUT2D eigenvalue weighted by molar-refractivity contribution is 0.584. The molecule has 0 aliphatic carbocycles. The summed E-state index contributed by atoms with van der Waals surface area (Å²) in [5.41, 5.74) is 8.68. The molecule has 1 aromatic rings. The summed E-state index contributed by atoms with van der Waals surface area (Å²) < 4.78 is 0. The number of aryl methyl sites for hydroxylation is 1. The molecule has 0 unspecified atom stereocenters. The summed E-state index contributed by atoms with van der Waals surface area (Å²) in [6.07, 6.45) is 1.00. The summed E-state index contributed by atoms with van der Waals surface area (Å²) in [6.45, 7) is 19.7. The lowest BCUT2D eigenvalue weighted by Gasteiger charge is -2.26. The Morgan fingerprint density at radius 2 is 1.65 bits per heavy atom. The van der Waals surface area contributed by atoms with Crippen molar-refractivity contribution in [2.24, 2.45) is 0 Å². The maximum atomic E-state index is 4.03. The summed E-state index contributed by atoms with van der Waals surface area (Å²) in [4.78, 5) is 0. The topological polar surface area (TPSA) is 0 Å². The Labute approximate surface area is 107 Å². The number of rotatable bonds is 2. The minimum absolute atomic E-state index is 0.224. The highest BCUT2D eigenvalue weighted by Crippen LogP contribution is 2.31. The van der Waals surface area contributed by atoms with Crippen molar-refractivity contribution in [3.8, 4) is 0 Å². The monoisotopic (exact) mass is 230 g/mol. The van der Waals surface area contributed by atoms with Crippen molar-refractivity contribution in [2.45, 2.75) is 60.3 Å². The predicted molar refractivity (Wildman–Crippen MR) is 77.9 cm³/mol. The van der Waals surface area contributed by atoms with Gasteiger partial charge in [0.2, 0.25) is 0 Å². The molecule has 0 bridgehead atoms.